The maximum absolute atomic E-state index is 13.1. The van der Waals surface area contributed by atoms with Crippen LogP contribution in [0.15, 0.2) is 77.7 Å². The molecule has 1 saturated carbocycles. The molecule has 4 aromatic rings. The summed E-state index contributed by atoms with van der Waals surface area (Å²) in [7, 11) is -3.82. The second kappa shape index (κ2) is 10.2. The van der Waals surface area contributed by atoms with Crippen LogP contribution in [0.5, 0.6) is 0 Å². The lowest BCUT2D eigenvalue weighted by Crippen LogP contribution is -2.39. The largest absolute Gasteiger partial charge is 0.416 e. The first-order chi connectivity index (χ1) is 18.1. The molecule has 3 N–H and O–H groups in total. The number of aromatic nitrogens is 2. The molecule has 0 unspecified atom stereocenters. The van der Waals surface area contributed by atoms with Crippen LogP contribution in [0.4, 0.5) is 18.9 Å². The fourth-order valence-corrected chi connectivity index (χ4v) is 5.99. The number of hydrogen-bond donors (Lipinski definition) is 3. The Labute approximate surface area is 217 Å². The molecule has 0 bridgehead atoms. The van der Waals surface area contributed by atoms with Crippen LogP contribution in [0, 0.1) is 5.92 Å². The number of carbonyl (C=O) groups excluding carboxylic acids is 1. The lowest BCUT2D eigenvalue weighted by Gasteiger charge is -2.28. The number of imidazole rings is 1. The normalized spacial score (nSPS) is 18.4. The van der Waals surface area contributed by atoms with Crippen LogP contribution in [0.1, 0.15) is 31.2 Å². The molecule has 1 heterocycles. The highest BCUT2D eigenvalue weighted by molar-refractivity contribution is 7.89. The van der Waals surface area contributed by atoms with Gasteiger partial charge in [0, 0.05) is 23.2 Å². The van der Waals surface area contributed by atoms with Gasteiger partial charge in [0.1, 0.15) is 5.82 Å². The molecule has 0 aliphatic heterocycles. The van der Waals surface area contributed by atoms with Crippen molar-refractivity contribution in [3.8, 4) is 11.4 Å². The first-order valence-electron chi connectivity index (χ1n) is 12.1. The molecule has 1 amide bonds. The molecule has 1 aliphatic rings. The van der Waals surface area contributed by atoms with Gasteiger partial charge < -0.3 is 10.3 Å². The number of hydrogen-bond acceptors (Lipinski definition) is 4. The van der Waals surface area contributed by atoms with Gasteiger partial charge in [0.2, 0.25) is 15.9 Å². The van der Waals surface area contributed by atoms with Crippen molar-refractivity contribution in [2.75, 3.05) is 5.32 Å². The Hall–Kier alpha value is -3.70. The van der Waals surface area contributed by atoms with E-state index in [0.29, 0.717) is 37.0 Å². The van der Waals surface area contributed by atoms with E-state index in [1.807, 2.05) is 30.3 Å². The van der Waals surface area contributed by atoms with Gasteiger partial charge in [-0.05, 0) is 62.1 Å². The third kappa shape index (κ3) is 5.73. The van der Waals surface area contributed by atoms with E-state index >= 15 is 0 Å². The summed E-state index contributed by atoms with van der Waals surface area (Å²) in [5.41, 5.74) is 1.38. The van der Waals surface area contributed by atoms with Crippen molar-refractivity contribution in [3.63, 3.8) is 0 Å². The van der Waals surface area contributed by atoms with E-state index in [9.17, 15) is 26.4 Å². The molecule has 7 nitrogen and oxygen atoms in total. The van der Waals surface area contributed by atoms with Crippen LogP contribution in [-0.2, 0) is 21.0 Å². The number of rotatable bonds is 6. The highest BCUT2D eigenvalue weighted by Crippen LogP contribution is 2.32. The SMILES string of the molecule is O=C(Nc1cccc(C(F)(F)F)c1)[C@H]1CC[C@H](NS(=O)(=O)c2ccc3[nH]c(-c4ccccc4)nc3c2)CC1. The number of amides is 1. The summed E-state index contributed by atoms with van der Waals surface area (Å²) in [5, 5.41) is 2.56. The van der Waals surface area contributed by atoms with Crippen molar-refractivity contribution in [1.82, 2.24) is 14.7 Å². The van der Waals surface area contributed by atoms with E-state index in [1.54, 1.807) is 6.07 Å². The summed E-state index contributed by atoms with van der Waals surface area (Å²) < 4.78 is 67.7. The van der Waals surface area contributed by atoms with E-state index in [4.69, 9.17) is 0 Å². The maximum atomic E-state index is 13.1. The van der Waals surface area contributed by atoms with Gasteiger partial charge in [0.05, 0.1) is 21.5 Å². The van der Waals surface area contributed by atoms with Gasteiger partial charge in [-0.2, -0.15) is 13.2 Å². The minimum Gasteiger partial charge on any atom is -0.338 e. The molecule has 1 aliphatic carbocycles. The predicted octanol–water partition coefficient (Wildman–Crippen LogP) is 5.72. The van der Waals surface area contributed by atoms with Gasteiger partial charge in [-0.25, -0.2) is 18.1 Å². The van der Waals surface area contributed by atoms with Crippen LogP contribution in [-0.4, -0.2) is 30.3 Å². The van der Waals surface area contributed by atoms with Gasteiger partial charge in [-0.1, -0.05) is 36.4 Å². The molecule has 3 aromatic carbocycles. The van der Waals surface area contributed by atoms with Crippen molar-refractivity contribution < 1.29 is 26.4 Å². The quantitative estimate of drug-likeness (QED) is 0.290. The molecule has 0 radical (unpaired) electrons. The number of sulfonamides is 1. The molecule has 1 fully saturated rings. The number of nitrogens with one attached hydrogen (secondary N) is 3. The minimum absolute atomic E-state index is 0.0804. The van der Waals surface area contributed by atoms with E-state index in [1.165, 1.54) is 24.3 Å². The van der Waals surface area contributed by atoms with Crippen molar-refractivity contribution in [1.29, 1.82) is 0 Å². The maximum Gasteiger partial charge on any atom is 0.416 e. The topological polar surface area (TPSA) is 104 Å². The number of carbonyl (C=O) groups is 1. The Morgan fingerprint density at radius 1 is 0.921 bits per heavy atom. The van der Waals surface area contributed by atoms with Crippen LogP contribution >= 0.6 is 0 Å². The standard InChI is InChI=1S/C27H25F3N4O3S/c28-27(29,30)19-7-4-8-21(15-19)31-26(35)18-9-11-20(12-10-18)34-38(36,37)22-13-14-23-24(16-22)33-25(32-23)17-5-2-1-3-6-17/h1-8,13-16,18,20,34H,9-12H2,(H,31,35)(H,32,33)/t18-,20-. The molecular weight excluding hydrogens is 517 g/mol. The van der Waals surface area contributed by atoms with Gasteiger partial charge in [0.15, 0.2) is 0 Å². The second-order valence-electron chi connectivity index (χ2n) is 9.37. The summed E-state index contributed by atoms with van der Waals surface area (Å²) >= 11 is 0. The summed E-state index contributed by atoms with van der Waals surface area (Å²) in [6.45, 7) is 0. The van der Waals surface area contributed by atoms with E-state index in [0.717, 1.165) is 23.2 Å². The summed E-state index contributed by atoms with van der Waals surface area (Å²) in [6, 6.07) is 18.4. The van der Waals surface area contributed by atoms with Crippen molar-refractivity contribution >= 4 is 32.7 Å². The van der Waals surface area contributed by atoms with Gasteiger partial charge >= 0.3 is 6.18 Å². The molecular formula is C27H25F3N4O3S. The zero-order chi connectivity index (χ0) is 26.9. The molecule has 11 heteroatoms. The number of benzene rings is 3. The van der Waals surface area contributed by atoms with Gasteiger partial charge in [0.25, 0.3) is 0 Å². The first-order valence-corrected chi connectivity index (χ1v) is 13.6. The third-order valence-electron chi connectivity index (χ3n) is 6.69. The predicted molar refractivity (Wildman–Crippen MR) is 138 cm³/mol. The average molecular weight is 543 g/mol. The fraction of sp³-hybridized carbons (Fsp3) is 0.259. The Kier molecular flexibility index (Phi) is 6.97. The number of anilines is 1. The van der Waals surface area contributed by atoms with E-state index in [2.05, 4.69) is 20.0 Å². The second-order valence-corrected chi connectivity index (χ2v) is 11.1. The fourth-order valence-electron chi connectivity index (χ4n) is 4.66. The highest BCUT2D eigenvalue weighted by atomic mass is 32.2. The number of aromatic amines is 1. The lowest BCUT2D eigenvalue weighted by molar-refractivity contribution is -0.137. The van der Waals surface area contributed by atoms with Crippen molar-refractivity contribution in [3.05, 3.63) is 78.4 Å². The molecule has 0 spiro atoms. The van der Waals surface area contributed by atoms with Gasteiger partial charge in [-0.3, -0.25) is 4.79 Å². The molecule has 5 rings (SSSR count). The highest BCUT2D eigenvalue weighted by Gasteiger charge is 2.32. The zero-order valence-electron chi connectivity index (χ0n) is 20.1. The van der Waals surface area contributed by atoms with Crippen LogP contribution < -0.4 is 10.0 Å². The van der Waals surface area contributed by atoms with Crippen LogP contribution in [0.2, 0.25) is 0 Å². The van der Waals surface area contributed by atoms with Crippen LogP contribution in [0.25, 0.3) is 22.4 Å². The number of alkyl halides is 3. The van der Waals surface area contributed by atoms with Crippen molar-refractivity contribution in [2.24, 2.45) is 5.92 Å². The molecule has 38 heavy (non-hydrogen) atoms. The Morgan fingerprint density at radius 2 is 1.66 bits per heavy atom. The van der Waals surface area contributed by atoms with E-state index in [-0.39, 0.29) is 22.5 Å². The smallest absolute Gasteiger partial charge is 0.338 e. The number of fused-ring (bicyclic) bond motifs is 1. The summed E-state index contributed by atoms with van der Waals surface area (Å²) in [5.74, 6) is -0.143. The number of halogens is 3. The van der Waals surface area contributed by atoms with Crippen molar-refractivity contribution in [2.45, 2.75) is 42.8 Å². The molecule has 0 atom stereocenters. The number of nitrogens with zero attached hydrogens (tertiary/aromatic N) is 1. The number of H-pyrrole nitrogens is 1. The zero-order valence-corrected chi connectivity index (χ0v) is 20.9. The third-order valence-corrected chi connectivity index (χ3v) is 8.21. The van der Waals surface area contributed by atoms with Gasteiger partial charge in [-0.15, -0.1) is 0 Å². The minimum atomic E-state index is -4.50. The van der Waals surface area contributed by atoms with E-state index < -0.39 is 27.7 Å². The summed E-state index contributed by atoms with van der Waals surface area (Å²) in [6.07, 6.45) is -2.80. The van der Waals surface area contributed by atoms with Crippen LogP contribution in [0.3, 0.4) is 0 Å². The molecule has 1 aromatic heterocycles. The Balaban J connectivity index is 1.20. The Morgan fingerprint density at radius 3 is 2.37 bits per heavy atom. The Bertz CT molecular complexity index is 1560. The monoisotopic (exact) mass is 542 g/mol. The molecule has 0 saturated heterocycles. The first kappa shape index (κ1) is 25.9. The summed E-state index contributed by atoms with van der Waals surface area (Å²) in [4.78, 5) is 20.5. The molecule has 198 valence electrons. The average Bonchev–Trinajstić information content (AvgIpc) is 3.33. The lowest BCUT2D eigenvalue weighted by atomic mass is 9.86.